The van der Waals surface area contributed by atoms with Crippen LogP contribution in [0.1, 0.15) is 13.8 Å². The zero-order valence-corrected chi connectivity index (χ0v) is 20.1. The van der Waals surface area contributed by atoms with Crippen LogP contribution < -0.4 is 4.90 Å². The summed E-state index contributed by atoms with van der Waals surface area (Å²) in [5.74, 6) is -1.06. The summed E-state index contributed by atoms with van der Waals surface area (Å²) >= 11 is 4.84. The number of benzene rings is 2. The van der Waals surface area contributed by atoms with Gasteiger partial charge in [-0.2, -0.15) is 0 Å². The van der Waals surface area contributed by atoms with Gasteiger partial charge in [0.1, 0.15) is 5.75 Å². The van der Waals surface area contributed by atoms with E-state index in [1.165, 1.54) is 28.4 Å². The van der Waals surface area contributed by atoms with Crippen molar-refractivity contribution < 1.29 is 13.2 Å². The summed E-state index contributed by atoms with van der Waals surface area (Å²) in [6, 6.07) is 13.8. The van der Waals surface area contributed by atoms with Crippen molar-refractivity contribution in [2.45, 2.75) is 18.7 Å². The number of nitrogens with zero attached hydrogens (tertiary/aromatic N) is 3. The van der Waals surface area contributed by atoms with Gasteiger partial charge in [0.15, 0.2) is 15.0 Å². The van der Waals surface area contributed by atoms with Crippen molar-refractivity contribution in [2.75, 3.05) is 36.8 Å². The Morgan fingerprint density at radius 1 is 1.07 bits per heavy atom. The smallest absolute Gasteiger partial charge is 0.244 e. The molecule has 160 valence electrons. The van der Waals surface area contributed by atoms with Gasteiger partial charge >= 0.3 is 0 Å². The van der Waals surface area contributed by atoms with Gasteiger partial charge in [-0.05, 0) is 43.4 Å². The number of amides is 1. The van der Waals surface area contributed by atoms with Crippen LogP contribution in [-0.2, 0) is 14.6 Å². The summed E-state index contributed by atoms with van der Waals surface area (Å²) in [6.45, 7) is 6.85. The molecule has 3 aromatic rings. The number of aromatic nitrogens is 1. The van der Waals surface area contributed by atoms with Crippen molar-refractivity contribution in [2.24, 2.45) is 0 Å². The van der Waals surface area contributed by atoms with Gasteiger partial charge < -0.3 is 4.90 Å². The summed E-state index contributed by atoms with van der Waals surface area (Å²) < 4.78 is 27.4. The van der Waals surface area contributed by atoms with Crippen molar-refractivity contribution >= 4 is 58.4 Å². The summed E-state index contributed by atoms with van der Waals surface area (Å²) in [5.41, 5.74) is 0.782. The van der Waals surface area contributed by atoms with Crippen LogP contribution in [0.15, 0.2) is 57.9 Å². The lowest BCUT2D eigenvalue weighted by atomic mass is 10.3. The third-order valence-electron chi connectivity index (χ3n) is 4.82. The second-order valence-corrected chi connectivity index (χ2v) is 10.7. The van der Waals surface area contributed by atoms with Gasteiger partial charge in [0.05, 0.1) is 15.1 Å². The van der Waals surface area contributed by atoms with Crippen molar-refractivity contribution in [3.05, 3.63) is 53.0 Å². The van der Waals surface area contributed by atoms with Crippen LogP contribution in [0.2, 0.25) is 0 Å². The van der Waals surface area contributed by atoms with Crippen molar-refractivity contribution in [3.8, 4) is 0 Å². The molecule has 2 aromatic carbocycles. The SMILES string of the molecule is CCN(CC)CCN(C(=O)CS(=O)(=O)c1ccccc1)c1nc2ccc(Br)cc2s1. The molecule has 0 fully saturated rings. The normalized spacial score (nSPS) is 11.9. The summed E-state index contributed by atoms with van der Waals surface area (Å²) in [6.07, 6.45) is 0. The zero-order valence-electron chi connectivity index (χ0n) is 16.9. The number of fused-ring (bicyclic) bond motifs is 1. The molecule has 1 amide bonds. The maximum absolute atomic E-state index is 13.2. The van der Waals surface area contributed by atoms with Crippen LogP contribution >= 0.6 is 27.3 Å². The van der Waals surface area contributed by atoms with Crippen LogP contribution in [-0.4, -0.2) is 56.1 Å². The number of halogens is 1. The predicted molar refractivity (Wildman–Crippen MR) is 126 cm³/mol. The van der Waals surface area contributed by atoms with Gasteiger partial charge in [0, 0.05) is 17.6 Å². The molecule has 0 spiro atoms. The highest BCUT2D eigenvalue weighted by molar-refractivity contribution is 9.10. The van der Waals surface area contributed by atoms with E-state index >= 15 is 0 Å². The maximum Gasteiger partial charge on any atom is 0.244 e. The van der Waals surface area contributed by atoms with E-state index in [-0.39, 0.29) is 4.90 Å². The number of anilines is 1. The Bertz CT molecular complexity index is 1110. The number of thiazole rings is 1. The quantitative estimate of drug-likeness (QED) is 0.432. The average molecular weight is 510 g/mol. The molecule has 0 aliphatic heterocycles. The van der Waals surface area contributed by atoms with Gasteiger partial charge in [-0.25, -0.2) is 13.4 Å². The first kappa shape index (κ1) is 22.9. The topological polar surface area (TPSA) is 70.6 Å². The first-order chi connectivity index (χ1) is 14.3. The molecule has 9 heteroatoms. The Labute approximate surface area is 189 Å². The van der Waals surface area contributed by atoms with Crippen LogP contribution in [0.3, 0.4) is 0 Å². The lowest BCUT2D eigenvalue weighted by molar-refractivity contribution is -0.116. The molecule has 30 heavy (non-hydrogen) atoms. The number of sulfone groups is 1. The minimum absolute atomic E-state index is 0.148. The maximum atomic E-state index is 13.2. The number of hydrogen-bond donors (Lipinski definition) is 0. The molecule has 0 radical (unpaired) electrons. The Kier molecular flexibility index (Phi) is 7.62. The van der Waals surface area contributed by atoms with Gasteiger partial charge in [0.25, 0.3) is 0 Å². The molecule has 1 heterocycles. The van der Waals surface area contributed by atoms with Gasteiger partial charge in [-0.3, -0.25) is 9.69 Å². The molecule has 0 unspecified atom stereocenters. The number of rotatable bonds is 9. The third-order valence-corrected chi connectivity index (χ3v) is 7.97. The third kappa shape index (κ3) is 5.46. The van der Waals surface area contributed by atoms with E-state index in [0.717, 1.165) is 27.8 Å². The van der Waals surface area contributed by atoms with Crippen molar-refractivity contribution in [1.82, 2.24) is 9.88 Å². The molecule has 0 saturated heterocycles. The minimum Gasteiger partial charge on any atom is -0.302 e. The summed E-state index contributed by atoms with van der Waals surface area (Å²) in [4.78, 5) is 21.6. The molecule has 0 aliphatic rings. The summed E-state index contributed by atoms with van der Waals surface area (Å²) in [7, 11) is -3.73. The number of hydrogen-bond acceptors (Lipinski definition) is 6. The lowest BCUT2D eigenvalue weighted by Gasteiger charge is -2.24. The first-order valence-electron chi connectivity index (χ1n) is 9.70. The molecule has 0 saturated carbocycles. The Balaban J connectivity index is 1.90. The van der Waals surface area contributed by atoms with Crippen LogP contribution in [0.5, 0.6) is 0 Å². The molecule has 0 atom stereocenters. The zero-order chi connectivity index (χ0) is 21.7. The average Bonchev–Trinajstić information content (AvgIpc) is 3.14. The lowest BCUT2D eigenvalue weighted by Crippen LogP contribution is -2.41. The molecule has 1 aromatic heterocycles. The second kappa shape index (κ2) is 10.00. The number of carbonyl (C=O) groups is 1. The Morgan fingerprint density at radius 2 is 1.77 bits per heavy atom. The Hall–Kier alpha value is -1.81. The molecular weight excluding hydrogens is 486 g/mol. The van der Waals surface area contributed by atoms with E-state index in [0.29, 0.717) is 18.2 Å². The van der Waals surface area contributed by atoms with Gasteiger partial charge in [-0.15, -0.1) is 0 Å². The molecule has 6 nitrogen and oxygen atoms in total. The fraction of sp³-hybridized carbons (Fsp3) is 0.333. The van der Waals surface area contributed by atoms with Crippen LogP contribution in [0, 0.1) is 0 Å². The van der Waals surface area contributed by atoms with E-state index in [1.807, 2.05) is 18.2 Å². The largest absolute Gasteiger partial charge is 0.302 e. The molecule has 3 rings (SSSR count). The highest BCUT2D eigenvalue weighted by Crippen LogP contribution is 2.31. The highest BCUT2D eigenvalue weighted by Gasteiger charge is 2.26. The fourth-order valence-electron chi connectivity index (χ4n) is 3.06. The number of carbonyl (C=O) groups excluding carboxylic acids is 1. The number of likely N-dealkylation sites (N-methyl/N-ethyl adjacent to an activating group) is 1. The Morgan fingerprint density at radius 3 is 2.43 bits per heavy atom. The second-order valence-electron chi connectivity index (χ2n) is 6.75. The molecule has 0 aliphatic carbocycles. The van der Waals surface area contributed by atoms with Gasteiger partial charge in [-0.1, -0.05) is 59.3 Å². The predicted octanol–water partition coefficient (Wildman–Crippen LogP) is 4.21. The summed E-state index contributed by atoms with van der Waals surface area (Å²) in [5, 5.41) is 0.517. The minimum atomic E-state index is -3.73. The van der Waals surface area contributed by atoms with Crippen LogP contribution in [0.4, 0.5) is 5.13 Å². The standard InChI is InChI=1S/C21H24BrN3O3S2/c1-3-24(4-2)12-13-25(21-23-18-11-10-16(22)14-19(18)29-21)20(26)15-30(27,28)17-8-6-5-7-9-17/h5-11,14H,3-4,12-13,15H2,1-2H3. The molecule has 0 N–H and O–H groups in total. The first-order valence-corrected chi connectivity index (χ1v) is 13.0. The van der Waals surface area contributed by atoms with E-state index in [1.54, 1.807) is 18.2 Å². The van der Waals surface area contributed by atoms with E-state index in [9.17, 15) is 13.2 Å². The van der Waals surface area contributed by atoms with E-state index in [2.05, 4.69) is 39.7 Å². The molecular formula is C21H24BrN3O3S2. The van der Waals surface area contributed by atoms with E-state index < -0.39 is 21.5 Å². The van der Waals surface area contributed by atoms with Crippen LogP contribution in [0.25, 0.3) is 10.2 Å². The molecule has 0 bridgehead atoms. The monoisotopic (exact) mass is 509 g/mol. The van der Waals surface area contributed by atoms with Gasteiger partial charge in [0.2, 0.25) is 5.91 Å². The van der Waals surface area contributed by atoms with E-state index in [4.69, 9.17) is 0 Å². The fourth-order valence-corrected chi connectivity index (χ4v) is 5.84. The van der Waals surface area contributed by atoms with Crippen molar-refractivity contribution in [3.63, 3.8) is 0 Å². The highest BCUT2D eigenvalue weighted by atomic mass is 79.9. The van der Waals surface area contributed by atoms with Crippen molar-refractivity contribution in [1.29, 1.82) is 0 Å².